The summed E-state index contributed by atoms with van der Waals surface area (Å²) in [4.78, 5) is 22.7. The summed E-state index contributed by atoms with van der Waals surface area (Å²) in [5.41, 5.74) is -1.23. The lowest BCUT2D eigenvalue weighted by atomic mass is 10.1. The lowest BCUT2D eigenvalue weighted by Crippen LogP contribution is -2.14. The number of nitrogens with one attached hydrogen (secondary N) is 1. The Bertz CT molecular complexity index is 1010. The van der Waals surface area contributed by atoms with Gasteiger partial charge in [0.1, 0.15) is 17.2 Å². The van der Waals surface area contributed by atoms with E-state index < -0.39 is 38.9 Å². The summed E-state index contributed by atoms with van der Waals surface area (Å²) in [6.45, 7) is 0. The first-order chi connectivity index (χ1) is 13.2. The zero-order valence-electron chi connectivity index (χ0n) is 14.6. The number of rotatable bonds is 8. The summed E-state index contributed by atoms with van der Waals surface area (Å²) in [6.07, 6.45) is 3.52. The number of hydrogen-bond acceptors (Lipinski definition) is 4. The molecule has 2 aromatic carbocycles. The normalized spacial score (nSPS) is 13.9. The predicted octanol–water partition coefficient (Wildman–Crippen LogP) is 3.84. The fourth-order valence-electron chi connectivity index (χ4n) is 2.76. The molecule has 0 atom stereocenters. The van der Waals surface area contributed by atoms with Gasteiger partial charge in [-0.3, -0.25) is 9.52 Å². The molecule has 6 nitrogen and oxygen atoms in total. The van der Waals surface area contributed by atoms with Crippen LogP contribution in [-0.2, 0) is 10.0 Å². The van der Waals surface area contributed by atoms with Crippen molar-refractivity contribution in [3.63, 3.8) is 0 Å². The van der Waals surface area contributed by atoms with Crippen molar-refractivity contribution in [2.75, 3.05) is 4.72 Å². The van der Waals surface area contributed by atoms with Gasteiger partial charge >= 0.3 is 5.97 Å². The quantitative estimate of drug-likeness (QED) is 0.645. The van der Waals surface area contributed by atoms with Crippen molar-refractivity contribution < 1.29 is 31.9 Å². The van der Waals surface area contributed by atoms with Crippen LogP contribution in [0.4, 0.5) is 14.5 Å². The first-order valence-corrected chi connectivity index (χ1v) is 10.0. The van der Waals surface area contributed by atoms with Crippen molar-refractivity contribution in [3.8, 4) is 0 Å². The molecule has 0 spiro atoms. The Labute approximate surface area is 160 Å². The van der Waals surface area contributed by atoms with E-state index in [9.17, 15) is 26.8 Å². The van der Waals surface area contributed by atoms with Crippen molar-refractivity contribution in [2.24, 2.45) is 5.92 Å². The number of ketones is 1. The van der Waals surface area contributed by atoms with Crippen LogP contribution in [0.15, 0.2) is 41.3 Å². The number of carboxylic acids is 1. The van der Waals surface area contributed by atoms with Gasteiger partial charge in [0.15, 0.2) is 5.78 Å². The third-order valence-electron chi connectivity index (χ3n) is 4.47. The van der Waals surface area contributed by atoms with Crippen LogP contribution in [0, 0.1) is 17.6 Å². The van der Waals surface area contributed by atoms with Crippen LogP contribution in [0.1, 0.15) is 46.4 Å². The number of anilines is 1. The first-order valence-electron chi connectivity index (χ1n) is 8.56. The van der Waals surface area contributed by atoms with Gasteiger partial charge < -0.3 is 5.11 Å². The minimum Gasteiger partial charge on any atom is -0.477 e. The minimum absolute atomic E-state index is 0.0720. The van der Waals surface area contributed by atoms with Gasteiger partial charge in [-0.1, -0.05) is 25.0 Å². The topological polar surface area (TPSA) is 101 Å². The van der Waals surface area contributed by atoms with Crippen LogP contribution in [0.25, 0.3) is 0 Å². The molecule has 0 aliphatic heterocycles. The van der Waals surface area contributed by atoms with E-state index in [-0.39, 0.29) is 10.7 Å². The number of carboxylic acid groups (broad SMARTS) is 1. The van der Waals surface area contributed by atoms with E-state index >= 15 is 0 Å². The van der Waals surface area contributed by atoms with E-state index in [1.54, 1.807) is 0 Å². The second-order valence-corrected chi connectivity index (χ2v) is 8.34. The highest BCUT2D eigenvalue weighted by molar-refractivity contribution is 7.92. The highest BCUT2D eigenvalue weighted by Crippen LogP contribution is 2.34. The Morgan fingerprint density at radius 3 is 2.14 bits per heavy atom. The molecule has 1 aliphatic carbocycles. The Hall–Kier alpha value is -2.81. The first kappa shape index (κ1) is 19.9. The number of Topliss-reactive ketones (excluding diaryl/α,β-unsaturated/α-hetero) is 1. The maximum atomic E-state index is 13.7. The molecule has 0 radical (unpaired) electrons. The SMILES string of the molecule is O=C(CCC1CC1)c1ccc(S(=O)(=O)Nc2cc(F)c(C(=O)O)c(F)c2)cc1. The van der Waals surface area contributed by atoms with Crippen LogP contribution >= 0.6 is 0 Å². The molecule has 28 heavy (non-hydrogen) atoms. The lowest BCUT2D eigenvalue weighted by molar-refractivity contribution is 0.0686. The molecule has 148 valence electrons. The third kappa shape index (κ3) is 4.53. The average Bonchev–Trinajstić information content (AvgIpc) is 3.43. The van der Waals surface area contributed by atoms with E-state index in [0.29, 0.717) is 30.0 Å². The van der Waals surface area contributed by atoms with E-state index in [0.717, 1.165) is 19.3 Å². The summed E-state index contributed by atoms with van der Waals surface area (Å²) in [6, 6.07) is 6.40. The zero-order chi connectivity index (χ0) is 20.5. The molecular weight excluding hydrogens is 392 g/mol. The molecule has 0 unspecified atom stereocenters. The summed E-state index contributed by atoms with van der Waals surface area (Å²) in [7, 11) is -4.18. The number of carbonyl (C=O) groups is 2. The number of aromatic carboxylic acids is 1. The van der Waals surface area contributed by atoms with Gasteiger partial charge in [0.2, 0.25) is 0 Å². The molecule has 0 heterocycles. The zero-order valence-corrected chi connectivity index (χ0v) is 15.4. The van der Waals surface area contributed by atoms with E-state index in [4.69, 9.17) is 5.11 Å². The Balaban J connectivity index is 1.75. The molecule has 1 saturated carbocycles. The van der Waals surface area contributed by atoms with Crippen LogP contribution in [0.2, 0.25) is 0 Å². The summed E-state index contributed by atoms with van der Waals surface area (Å²) in [5.74, 6) is -4.06. The summed E-state index contributed by atoms with van der Waals surface area (Å²) in [5, 5.41) is 8.74. The average molecular weight is 409 g/mol. The van der Waals surface area contributed by atoms with Crippen LogP contribution in [0.3, 0.4) is 0 Å². The predicted molar refractivity (Wildman–Crippen MR) is 96.9 cm³/mol. The standard InChI is InChI=1S/C19H17F2NO5S/c20-15-9-13(10-16(21)18(15)19(24)25)22-28(26,27)14-6-4-12(5-7-14)17(23)8-3-11-1-2-11/h4-7,9-11,22H,1-3,8H2,(H,24,25). The minimum atomic E-state index is -4.18. The van der Waals surface area contributed by atoms with Gasteiger partial charge in [-0.05, 0) is 36.6 Å². The Morgan fingerprint density at radius 2 is 1.64 bits per heavy atom. The maximum Gasteiger partial charge on any atom is 0.341 e. The van der Waals surface area contributed by atoms with Gasteiger partial charge in [0.05, 0.1) is 10.6 Å². The van der Waals surface area contributed by atoms with Crippen LogP contribution < -0.4 is 4.72 Å². The van der Waals surface area contributed by atoms with Crippen molar-refractivity contribution in [1.29, 1.82) is 0 Å². The van der Waals surface area contributed by atoms with Crippen molar-refractivity contribution in [3.05, 3.63) is 59.2 Å². The van der Waals surface area contributed by atoms with E-state index in [2.05, 4.69) is 0 Å². The van der Waals surface area contributed by atoms with Gasteiger partial charge in [-0.25, -0.2) is 22.0 Å². The second kappa shape index (κ2) is 7.67. The third-order valence-corrected chi connectivity index (χ3v) is 5.87. The van der Waals surface area contributed by atoms with Gasteiger partial charge in [-0.2, -0.15) is 0 Å². The number of benzene rings is 2. The number of carbonyl (C=O) groups excluding carboxylic acids is 1. The molecule has 3 rings (SSSR count). The fourth-order valence-corrected chi connectivity index (χ4v) is 3.80. The molecule has 2 N–H and O–H groups in total. The summed E-state index contributed by atoms with van der Waals surface area (Å²) < 4.78 is 54.2. The van der Waals surface area contributed by atoms with Gasteiger partial charge in [-0.15, -0.1) is 0 Å². The number of halogens is 2. The molecule has 2 aromatic rings. The van der Waals surface area contributed by atoms with Crippen LogP contribution in [0.5, 0.6) is 0 Å². The fraction of sp³-hybridized carbons (Fsp3) is 0.263. The highest BCUT2D eigenvalue weighted by atomic mass is 32.2. The Morgan fingerprint density at radius 1 is 1.07 bits per heavy atom. The van der Waals surface area contributed by atoms with Crippen molar-refractivity contribution in [2.45, 2.75) is 30.6 Å². The molecule has 9 heteroatoms. The largest absolute Gasteiger partial charge is 0.477 e. The molecule has 0 saturated heterocycles. The Kier molecular flexibility index (Phi) is 5.46. The number of hydrogen-bond donors (Lipinski definition) is 2. The lowest BCUT2D eigenvalue weighted by Gasteiger charge is -2.10. The monoisotopic (exact) mass is 409 g/mol. The molecule has 0 aromatic heterocycles. The van der Waals surface area contributed by atoms with E-state index in [1.807, 2.05) is 4.72 Å². The van der Waals surface area contributed by atoms with Gasteiger partial charge in [0, 0.05) is 12.0 Å². The number of sulfonamides is 1. The second-order valence-electron chi connectivity index (χ2n) is 6.66. The highest BCUT2D eigenvalue weighted by Gasteiger charge is 2.23. The molecule has 1 fully saturated rings. The molecule has 1 aliphatic rings. The molecule has 0 amide bonds. The van der Waals surface area contributed by atoms with Crippen molar-refractivity contribution in [1.82, 2.24) is 0 Å². The van der Waals surface area contributed by atoms with Crippen LogP contribution in [-0.4, -0.2) is 25.3 Å². The van der Waals surface area contributed by atoms with E-state index in [1.165, 1.54) is 24.3 Å². The molecular formula is C19H17F2NO5S. The molecule has 0 bridgehead atoms. The summed E-state index contributed by atoms with van der Waals surface area (Å²) >= 11 is 0. The van der Waals surface area contributed by atoms with Crippen molar-refractivity contribution >= 4 is 27.5 Å². The smallest absolute Gasteiger partial charge is 0.341 e. The van der Waals surface area contributed by atoms with Gasteiger partial charge in [0.25, 0.3) is 10.0 Å². The maximum absolute atomic E-state index is 13.7.